The first-order chi connectivity index (χ1) is 9.68. The van der Waals surface area contributed by atoms with E-state index in [1.54, 1.807) is 0 Å². The molecule has 0 saturated carbocycles. The van der Waals surface area contributed by atoms with Crippen LogP contribution in [0.25, 0.3) is 0 Å². The third-order valence-electron chi connectivity index (χ3n) is 3.36. The van der Waals surface area contributed by atoms with E-state index in [-0.39, 0.29) is 30.1 Å². The zero-order chi connectivity index (χ0) is 15.8. The smallest absolute Gasteiger partial charge is 0.336 e. The second-order valence-corrected chi connectivity index (χ2v) is 5.37. The number of piperazine rings is 1. The fraction of sp³-hybridized carbons (Fsp3) is 0.500. The van der Waals surface area contributed by atoms with Gasteiger partial charge in [0.05, 0.1) is 5.56 Å². The molecule has 2 rings (SSSR count). The number of amides is 1. The molecule has 22 heavy (non-hydrogen) atoms. The third-order valence-corrected chi connectivity index (χ3v) is 3.36. The Morgan fingerprint density at radius 1 is 1.23 bits per heavy atom. The summed E-state index contributed by atoms with van der Waals surface area (Å²) in [7, 11) is 0. The maximum absolute atomic E-state index is 13.2. The van der Waals surface area contributed by atoms with Crippen molar-refractivity contribution in [2.24, 2.45) is 0 Å². The summed E-state index contributed by atoms with van der Waals surface area (Å²) >= 11 is 0. The molecule has 3 nitrogen and oxygen atoms in total. The molecule has 1 heterocycles. The number of hydrogen-bond donors (Lipinski definition) is 1. The molecule has 1 aromatic carbocycles. The molecule has 0 aliphatic carbocycles. The van der Waals surface area contributed by atoms with Crippen molar-refractivity contribution in [3.05, 3.63) is 35.1 Å². The molecule has 124 valence electrons. The fourth-order valence-electron chi connectivity index (χ4n) is 2.55. The van der Waals surface area contributed by atoms with E-state index in [1.807, 2.05) is 13.8 Å². The zero-order valence-electron chi connectivity index (χ0n) is 12.1. The van der Waals surface area contributed by atoms with Crippen LogP contribution in [0.5, 0.6) is 0 Å². The van der Waals surface area contributed by atoms with Crippen LogP contribution in [0.15, 0.2) is 18.2 Å². The van der Waals surface area contributed by atoms with Crippen molar-refractivity contribution in [2.45, 2.75) is 32.1 Å². The van der Waals surface area contributed by atoms with Crippen molar-refractivity contribution >= 4 is 18.3 Å². The first-order valence-corrected chi connectivity index (χ1v) is 6.60. The molecule has 8 heteroatoms. The molecule has 0 bridgehead atoms. The van der Waals surface area contributed by atoms with Crippen molar-refractivity contribution < 1.29 is 22.4 Å². The number of nitrogens with zero attached hydrogens (tertiary/aromatic N) is 1. The van der Waals surface area contributed by atoms with Crippen molar-refractivity contribution in [3.63, 3.8) is 0 Å². The number of alkyl halides is 3. The average molecular weight is 341 g/mol. The molecular formula is C14H17ClF4N2O. The van der Waals surface area contributed by atoms with E-state index in [1.165, 1.54) is 4.90 Å². The monoisotopic (exact) mass is 340 g/mol. The largest absolute Gasteiger partial charge is 0.419 e. The highest BCUT2D eigenvalue weighted by molar-refractivity contribution is 5.94. The van der Waals surface area contributed by atoms with E-state index in [0.717, 1.165) is 6.07 Å². The lowest BCUT2D eigenvalue weighted by Crippen LogP contribution is -2.55. The van der Waals surface area contributed by atoms with Crippen LogP contribution in [0, 0.1) is 5.82 Å². The molecule has 1 aliphatic rings. The summed E-state index contributed by atoms with van der Waals surface area (Å²) in [5, 5.41) is 3.23. The summed E-state index contributed by atoms with van der Waals surface area (Å²) in [6.07, 6.45) is -4.82. The minimum atomic E-state index is -4.82. The number of rotatable bonds is 1. The molecule has 0 aromatic heterocycles. The first-order valence-electron chi connectivity index (χ1n) is 6.60. The highest BCUT2D eigenvalue weighted by Crippen LogP contribution is 2.32. The molecule has 1 aliphatic heterocycles. The van der Waals surface area contributed by atoms with E-state index in [9.17, 15) is 22.4 Å². The maximum Gasteiger partial charge on any atom is 0.419 e. The number of halogens is 5. The van der Waals surface area contributed by atoms with Gasteiger partial charge >= 0.3 is 6.18 Å². The molecule has 1 aromatic rings. The summed E-state index contributed by atoms with van der Waals surface area (Å²) in [6.45, 7) is 4.59. The fourth-order valence-corrected chi connectivity index (χ4v) is 2.55. The maximum atomic E-state index is 13.2. The molecule has 0 radical (unpaired) electrons. The Labute approximate surface area is 132 Å². The highest BCUT2D eigenvalue weighted by Gasteiger charge is 2.35. The second kappa shape index (κ2) is 6.83. The summed E-state index contributed by atoms with van der Waals surface area (Å²) in [5.41, 5.74) is -1.56. The van der Waals surface area contributed by atoms with Crippen molar-refractivity contribution in [2.75, 3.05) is 13.1 Å². The normalized spacial score (nSPS) is 22.2. The number of benzene rings is 1. The topological polar surface area (TPSA) is 32.3 Å². The van der Waals surface area contributed by atoms with Gasteiger partial charge in [-0.15, -0.1) is 12.4 Å². The SMILES string of the molecule is CC1CN(C(=O)c2ccc(F)c(C(F)(F)F)c2)CC(C)N1.Cl. The van der Waals surface area contributed by atoms with Crippen LogP contribution in [0.1, 0.15) is 29.8 Å². The van der Waals surface area contributed by atoms with Gasteiger partial charge in [-0.2, -0.15) is 13.2 Å². The van der Waals surface area contributed by atoms with E-state index in [4.69, 9.17) is 0 Å². The van der Waals surface area contributed by atoms with Gasteiger partial charge in [0, 0.05) is 30.7 Å². The van der Waals surface area contributed by atoms with E-state index < -0.39 is 23.5 Å². The number of hydrogen-bond acceptors (Lipinski definition) is 2. The van der Waals surface area contributed by atoms with Gasteiger partial charge in [-0.3, -0.25) is 4.79 Å². The molecule has 1 amide bonds. The molecule has 1 saturated heterocycles. The van der Waals surface area contributed by atoms with Gasteiger partial charge < -0.3 is 10.2 Å². The second-order valence-electron chi connectivity index (χ2n) is 5.37. The van der Waals surface area contributed by atoms with Crippen molar-refractivity contribution in [1.29, 1.82) is 0 Å². The summed E-state index contributed by atoms with van der Waals surface area (Å²) in [6, 6.07) is 2.46. The van der Waals surface area contributed by atoms with Crippen LogP contribution < -0.4 is 5.32 Å². The van der Waals surface area contributed by atoms with Gasteiger partial charge in [-0.05, 0) is 32.0 Å². The summed E-state index contributed by atoms with van der Waals surface area (Å²) in [5.74, 6) is -1.89. The number of carbonyl (C=O) groups is 1. The standard InChI is InChI=1S/C14H16F4N2O.ClH/c1-8-6-20(7-9(2)19-8)13(21)10-3-4-12(15)11(5-10)14(16,17)18;/h3-5,8-9,19H,6-7H2,1-2H3;1H. The molecule has 0 spiro atoms. The Hall–Kier alpha value is -1.34. The number of carbonyl (C=O) groups excluding carboxylic acids is 1. The molecular weight excluding hydrogens is 324 g/mol. The molecule has 2 atom stereocenters. The molecule has 1 N–H and O–H groups in total. The Bertz CT molecular complexity index is 540. The van der Waals surface area contributed by atoms with Crippen molar-refractivity contribution in [3.8, 4) is 0 Å². The Balaban J connectivity index is 0.00000242. The third kappa shape index (κ3) is 4.10. The van der Waals surface area contributed by atoms with Crippen LogP contribution >= 0.6 is 12.4 Å². The van der Waals surface area contributed by atoms with Gasteiger partial charge in [0.1, 0.15) is 5.82 Å². The molecule has 1 fully saturated rings. The highest BCUT2D eigenvalue weighted by atomic mass is 35.5. The van der Waals surface area contributed by atoms with E-state index in [2.05, 4.69) is 5.32 Å². The van der Waals surface area contributed by atoms with Gasteiger partial charge in [-0.1, -0.05) is 0 Å². The lowest BCUT2D eigenvalue weighted by Gasteiger charge is -2.36. The van der Waals surface area contributed by atoms with Gasteiger partial charge in [0.25, 0.3) is 5.91 Å². The Morgan fingerprint density at radius 3 is 2.27 bits per heavy atom. The minimum absolute atomic E-state index is 0. The van der Waals surface area contributed by atoms with E-state index >= 15 is 0 Å². The Morgan fingerprint density at radius 2 is 1.77 bits per heavy atom. The zero-order valence-corrected chi connectivity index (χ0v) is 12.9. The Kier molecular flexibility index (Phi) is 5.81. The van der Waals surface area contributed by atoms with Crippen LogP contribution in [0.3, 0.4) is 0 Å². The van der Waals surface area contributed by atoms with Crippen LogP contribution in [-0.2, 0) is 6.18 Å². The number of nitrogens with one attached hydrogen (secondary N) is 1. The lowest BCUT2D eigenvalue weighted by atomic mass is 10.1. The van der Waals surface area contributed by atoms with E-state index in [0.29, 0.717) is 25.2 Å². The van der Waals surface area contributed by atoms with Crippen molar-refractivity contribution in [1.82, 2.24) is 10.2 Å². The quantitative estimate of drug-likeness (QED) is 0.797. The van der Waals surface area contributed by atoms with Gasteiger partial charge in [0.2, 0.25) is 0 Å². The lowest BCUT2D eigenvalue weighted by molar-refractivity contribution is -0.140. The van der Waals surface area contributed by atoms with Crippen LogP contribution in [0.4, 0.5) is 17.6 Å². The van der Waals surface area contributed by atoms with Gasteiger partial charge in [0.15, 0.2) is 0 Å². The average Bonchev–Trinajstić information content (AvgIpc) is 2.36. The van der Waals surface area contributed by atoms with Gasteiger partial charge in [-0.25, -0.2) is 4.39 Å². The summed E-state index contributed by atoms with van der Waals surface area (Å²) in [4.78, 5) is 13.8. The predicted molar refractivity (Wildman–Crippen MR) is 76.6 cm³/mol. The minimum Gasteiger partial charge on any atom is -0.336 e. The first kappa shape index (κ1) is 18.7. The predicted octanol–water partition coefficient (Wildman–Crippen LogP) is 3.09. The van der Waals surface area contributed by atoms with Crippen LogP contribution in [-0.4, -0.2) is 36.0 Å². The summed E-state index contributed by atoms with van der Waals surface area (Å²) < 4.78 is 51.3. The van der Waals surface area contributed by atoms with Crippen LogP contribution in [0.2, 0.25) is 0 Å². The molecule has 2 unspecified atom stereocenters.